The number of rotatable bonds is 9. The minimum Gasteiger partial charge on any atom is -0.497 e. The van der Waals surface area contributed by atoms with Crippen LogP contribution in [0, 0.1) is 5.82 Å². The highest BCUT2D eigenvalue weighted by Gasteiger charge is 2.23. The molecule has 0 aliphatic heterocycles. The number of ether oxygens (including phenoxy) is 2. The van der Waals surface area contributed by atoms with Crippen LogP contribution in [0.5, 0.6) is 11.5 Å². The van der Waals surface area contributed by atoms with Crippen molar-refractivity contribution < 1.29 is 23.5 Å². The van der Waals surface area contributed by atoms with Crippen molar-refractivity contribution in [3.63, 3.8) is 0 Å². The van der Waals surface area contributed by atoms with Crippen LogP contribution < -0.4 is 20.1 Å². The van der Waals surface area contributed by atoms with Gasteiger partial charge in [-0.2, -0.15) is 0 Å². The van der Waals surface area contributed by atoms with Gasteiger partial charge >= 0.3 is 0 Å². The molecule has 0 radical (unpaired) electrons. The summed E-state index contributed by atoms with van der Waals surface area (Å²) in [5.74, 6) is 0.0947. The SMILES string of the molecule is COc1ccc(NC(=O)C(Sc2cccc(NC(=O)c3ccc(F)cc3)c2)c2ccccc2)c(OC)c1. The summed E-state index contributed by atoms with van der Waals surface area (Å²) in [6.07, 6.45) is 0. The van der Waals surface area contributed by atoms with E-state index in [1.165, 1.54) is 43.1 Å². The van der Waals surface area contributed by atoms with Gasteiger partial charge in [0.25, 0.3) is 5.91 Å². The summed E-state index contributed by atoms with van der Waals surface area (Å²) >= 11 is 1.35. The van der Waals surface area contributed by atoms with Crippen LogP contribution in [-0.2, 0) is 4.79 Å². The van der Waals surface area contributed by atoms with E-state index in [9.17, 15) is 14.0 Å². The lowest BCUT2D eigenvalue weighted by atomic mass is 10.1. The maximum Gasteiger partial charge on any atom is 0.255 e. The number of methoxy groups -OCH3 is 2. The van der Waals surface area contributed by atoms with E-state index in [0.29, 0.717) is 28.4 Å². The lowest BCUT2D eigenvalue weighted by molar-refractivity contribution is -0.115. The molecule has 1 atom stereocenters. The van der Waals surface area contributed by atoms with Crippen LogP contribution in [-0.4, -0.2) is 26.0 Å². The van der Waals surface area contributed by atoms with Gasteiger partial charge in [0.15, 0.2) is 0 Å². The molecular weight excluding hydrogens is 491 g/mol. The van der Waals surface area contributed by atoms with Crippen LogP contribution in [0.4, 0.5) is 15.8 Å². The summed E-state index contributed by atoms with van der Waals surface area (Å²) in [4.78, 5) is 26.8. The van der Waals surface area contributed by atoms with Crippen molar-refractivity contribution in [2.75, 3.05) is 24.9 Å². The van der Waals surface area contributed by atoms with Crippen molar-refractivity contribution in [1.29, 1.82) is 0 Å². The van der Waals surface area contributed by atoms with Gasteiger partial charge in [-0.3, -0.25) is 9.59 Å². The van der Waals surface area contributed by atoms with Crippen LogP contribution in [0.25, 0.3) is 0 Å². The topological polar surface area (TPSA) is 76.7 Å². The Morgan fingerprint density at radius 2 is 1.57 bits per heavy atom. The summed E-state index contributed by atoms with van der Waals surface area (Å²) in [5.41, 5.74) is 2.24. The Hall–Kier alpha value is -4.30. The van der Waals surface area contributed by atoms with Crippen molar-refractivity contribution in [2.24, 2.45) is 0 Å². The normalized spacial score (nSPS) is 11.3. The Labute approximate surface area is 218 Å². The molecule has 0 heterocycles. The minimum atomic E-state index is -0.587. The van der Waals surface area contributed by atoms with E-state index in [2.05, 4.69) is 10.6 Å². The molecule has 0 aromatic heterocycles. The first kappa shape index (κ1) is 25.8. The molecule has 37 heavy (non-hydrogen) atoms. The molecule has 0 aliphatic rings. The molecule has 0 fully saturated rings. The number of hydrogen-bond acceptors (Lipinski definition) is 5. The summed E-state index contributed by atoms with van der Waals surface area (Å²) in [5, 5.41) is 5.20. The third-order valence-corrected chi connectivity index (χ3v) is 6.71. The molecule has 0 aliphatic carbocycles. The fourth-order valence-electron chi connectivity index (χ4n) is 3.59. The third-order valence-electron chi connectivity index (χ3n) is 5.46. The van der Waals surface area contributed by atoms with E-state index in [1.54, 1.807) is 43.5 Å². The standard InChI is InChI=1S/C29H25FN2O4S/c1-35-23-15-16-25(26(18-23)36-2)32-29(34)27(19-7-4-3-5-8-19)37-24-10-6-9-22(17-24)31-28(33)20-11-13-21(30)14-12-20/h3-18,27H,1-2H3,(H,31,33)(H,32,34). The highest BCUT2D eigenvalue weighted by Crippen LogP contribution is 2.38. The molecule has 0 spiro atoms. The van der Waals surface area contributed by atoms with Gasteiger partial charge in [0.1, 0.15) is 22.6 Å². The Morgan fingerprint density at radius 3 is 2.27 bits per heavy atom. The fourth-order valence-corrected chi connectivity index (χ4v) is 4.67. The highest BCUT2D eigenvalue weighted by molar-refractivity contribution is 8.00. The second-order valence-corrected chi connectivity index (χ2v) is 9.13. The highest BCUT2D eigenvalue weighted by atomic mass is 32.2. The second-order valence-electron chi connectivity index (χ2n) is 7.95. The van der Waals surface area contributed by atoms with Gasteiger partial charge in [-0.05, 0) is 60.2 Å². The van der Waals surface area contributed by atoms with Crippen LogP contribution in [0.3, 0.4) is 0 Å². The minimum absolute atomic E-state index is 0.236. The summed E-state index contributed by atoms with van der Waals surface area (Å²) in [6, 6.07) is 27.2. The molecule has 6 nitrogen and oxygen atoms in total. The summed E-state index contributed by atoms with van der Waals surface area (Å²) < 4.78 is 23.9. The average molecular weight is 517 g/mol. The molecule has 1 unspecified atom stereocenters. The summed E-state index contributed by atoms with van der Waals surface area (Å²) in [6.45, 7) is 0. The van der Waals surface area contributed by atoms with E-state index >= 15 is 0 Å². The predicted molar refractivity (Wildman–Crippen MR) is 144 cm³/mol. The zero-order valence-electron chi connectivity index (χ0n) is 20.2. The molecular formula is C29H25FN2O4S. The molecule has 2 N–H and O–H groups in total. The fraction of sp³-hybridized carbons (Fsp3) is 0.103. The zero-order valence-corrected chi connectivity index (χ0v) is 21.1. The second kappa shape index (κ2) is 12.1. The van der Waals surface area contributed by atoms with Gasteiger partial charge in [-0.25, -0.2) is 4.39 Å². The van der Waals surface area contributed by atoms with Crippen molar-refractivity contribution >= 4 is 35.0 Å². The van der Waals surface area contributed by atoms with Gasteiger partial charge in [-0.1, -0.05) is 36.4 Å². The van der Waals surface area contributed by atoms with E-state index < -0.39 is 11.1 Å². The van der Waals surface area contributed by atoms with E-state index in [4.69, 9.17) is 9.47 Å². The maximum absolute atomic E-state index is 13.5. The quantitative estimate of drug-likeness (QED) is 0.246. The third kappa shape index (κ3) is 6.68. The molecule has 0 saturated heterocycles. The molecule has 8 heteroatoms. The lowest BCUT2D eigenvalue weighted by Gasteiger charge is -2.19. The first-order chi connectivity index (χ1) is 18.0. The van der Waals surface area contributed by atoms with Crippen molar-refractivity contribution in [1.82, 2.24) is 0 Å². The number of hydrogen-bond donors (Lipinski definition) is 2. The number of halogens is 1. The Morgan fingerprint density at radius 1 is 0.811 bits per heavy atom. The molecule has 4 aromatic rings. The van der Waals surface area contributed by atoms with Crippen molar-refractivity contribution in [3.8, 4) is 11.5 Å². The van der Waals surface area contributed by atoms with Gasteiger partial charge in [0.05, 0.1) is 19.9 Å². The largest absolute Gasteiger partial charge is 0.497 e. The zero-order chi connectivity index (χ0) is 26.2. The molecule has 4 rings (SSSR count). The Balaban J connectivity index is 1.55. The number of carbonyl (C=O) groups excluding carboxylic acids is 2. The predicted octanol–water partition coefficient (Wildman–Crippen LogP) is 6.57. The van der Waals surface area contributed by atoms with Crippen LogP contribution in [0.2, 0.25) is 0 Å². The van der Waals surface area contributed by atoms with Gasteiger partial charge in [0, 0.05) is 22.2 Å². The Kier molecular flexibility index (Phi) is 8.43. The average Bonchev–Trinajstić information content (AvgIpc) is 2.93. The molecule has 4 aromatic carbocycles. The van der Waals surface area contributed by atoms with Gasteiger partial charge in [0.2, 0.25) is 5.91 Å². The first-order valence-corrected chi connectivity index (χ1v) is 12.3. The number of thioether (sulfide) groups is 1. The monoisotopic (exact) mass is 516 g/mol. The van der Waals surface area contributed by atoms with Crippen molar-refractivity contribution in [2.45, 2.75) is 10.1 Å². The molecule has 188 valence electrons. The van der Waals surface area contributed by atoms with Gasteiger partial charge in [-0.15, -0.1) is 11.8 Å². The van der Waals surface area contributed by atoms with Crippen LogP contribution in [0.15, 0.2) is 102 Å². The maximum atomic E-state index is 13.5. The van der Waals surface area contributed by atoms with Crippen molar-refractivity contribution in [3.05, 3.63) is 114 Å². The number of nitrogens with one attached hydrogen (secondary N) is 2. The molecule has 2 amide bonds. The van der Waals surface area contributed by atoms with E-state index in [-0.39, 0.29) is 11.8 Å². The van der Waals surface area contributed by atoms with Crippen LogP contribution in [0.1, 0.15) is 21.2 Å². The van der Waals surface area contributed by atoms with E-state index in [1.807, 2.05) is 36.4 Å². The first-order valence-electron chi connectivity index (χ1n) is 11.4. The number of benzene rings is 4. The number of carbonyl (C=O) groups is 2. The molecule has 0 bridgehead atoms. The lowest BCUT2D eigenvalue weighted by Crippen LogP contribution is -2.19. The Bertz CT molecular complexity index is 1380. The number of amides is 2. The van der Waals surface area contributed by atoms with E-state index in [0.717, 1.165) is 10.5 Å². The molecule has 0 saturated carbocycles. The van der Waals surface area contributed by atoms with Crippen LogP contribution >= 0.6 is 11.8 Å². The van der Waals surface area contributed by atoms with Gasteiger partial charge < -0.3 is 20.1 Å². The number of anilines is 2. The summed E-state index contributed by atoms with van der Waals surface area (Å²) in [7, 11) is 3.09. The smallest absolute Gasteiger partial charge is 0.255 e.